The van der Waals surface area contributed by atoms with Crippen molar-refractivity contribution < 1.29 is 9.53 Å². The zero-order valence-corrected chi connectivity index (χ0v) is 12.9. The molecular formula is C18H28O2. The molecule has 0 amide bonds. The molecule has 2 heteroatoms. The van der Waals surface area contributed by atoms with Crippen LogP contribution in [0.25, 0.3) is 0 Å². The highest BCUT2D eigenvalue weighted by molar-refractivity contribution is 5.69. The Morgan fingerprint density at radius 2 is 1.80 bits per heavy atom. The maximum absolute atomic E-state index is 11.6. The van der Waals surface area contributed by atoms with Gasteiger partial charge in [-0.25, -0.2) is 0 Å². The highest BCUT2D eigenvalue weighted by Crippen LogP contribution is 2.10. The molecule has 112 valence electrons. The van der Waals surface area contributed by atoms with Gasteiger partial charge in [0.05, 0.1) is 6.61 Å². The van der Waals surface area contributed by atoms with Crippen molar-refractivity contribution in [3.05, 3.63) is 35.9 Å². The van der Waals surface area contributed by atoms with Gasteiger partial charge in [-0.05, 0) is 24.3 Å². The third-order valence-electron chi connectivity index (χ3n) is 3.44. The van der Waals surface area contributed by atoms with Gasteiger partial charge in [-0.2, -0.15) is 0 Å². The molecule has 1 rings (SSSR count). The summed E-state index contributed by atoms with van der Waals surface area (Å²) < 4.78 is 5.34. The molecule has 0 spiro atoms. The average Bonchev–Trinajstić information content (AvgIpc) is 2.46. The van der Waals surface area contributed by atoms with Gasteiger partial charge in [-0.1, -0.05) is 69.9 Å². The molecule has 1 atom stereocenters. The molecule has 0 aromatic heterocycles. The minimum absolute atomic E-state index is 0.0404. The van der Waals surface area contributed by atoms with E-state index in [2.05, 4.69) is 26.0 Å². The fraction of sp³-hybridized carbons (Fsp3) is 0.611. The topological polar surface area (TPSA) is 26.3 Å². The molecule has 0 bridgehead atoms. The fourth-order valence-electron chi connectivity index (χ4n) is 2.26. The summed E-state index contributed by atoms with van der Waals surface area (Å²) in [7, 11) is 0. The van der Waals surface area contributed by atoms with Crippen molar-refractivity contribution in [2.75, 3.05) is 6.61 Å². The highest BCUT2D eigenvalue weighted by Gasteiger charge is 2.08. The maximum atomic E-state index is 11.6. The third kappa shape index (κ3) is 7.98. The first-order valence-electron chi connectivity index (χ1n) is 7.92. The Balaban J connectivity index is 2.08. The molecule has 0 aliphatic carbocycles. The minimum atomic E-state index is -0.0404. The summed E-state index contributed by atoms with van der Waals surface area (Å²) in [6, 6.07) is 10.3. The lowest BCUT2D eigenvalue weighted by Crippen LogP contribution is -2.13. The minimum Gasteiger partial charge on any atom is -0.465 e. The summed E-state index contributed by atoms with van der Waals surface area (Å²) >= 11 is 0. The van der Waals surface area contributed by atoms with Crippen LogP contribution < -0.4 is 0 Å². The van der Waals surface area contributed by atoms with Gasteiger partial charge in [0.15, 0.2) is 0 Å². The summed E-state index contributed by atoms with van der Waals surface area (Å²) in [5.41, 5.74) is 1.30. The van der Waals surface area contributed by atoms with E-state index in [1.165, 1.54) is 24.8 Å². The standard InChI is InChI=1S/C18H28O2/c1-3-4-5-6-10-13-18(19)20-15-16(2)14-17-11-8-7-9-12-17/h7-9,11-12,16H,3-6,10,13-15H2,1-2H3/t16-/m1/s1. The number of carbonyl (C=O) groups is 1. The number of unbranched alkanes of at least 4 members (excludes halogenated alkanes) is 4. The van der Waals surface area contributed by atoms with Gasteiger partial charge in [0.25, 0.3) is 0 Å². The van der Waals surface area contributed by atoms with Crippen LogP contribution in [0.3, 0.4) is 0 Å². The zero-order chi connectivity index (χ0) is 14.6. The van der Waals surface area contributed by atoms with Crippen LogP contribution in [-0.2, 0) is 16.0 Å². The van der Waals surface area contributed by atoms with Gasteiger partial charge in [0.2, 0.25) is 0 Å². The molecule has 20 heavy (non-hydrogen) atoms. The van der Waals surface area contributed by atoms with Crippen molar-refractivity contribution in [2.24, 2.45) is 5.92 Å². The molecular weight excluding hydrogens is 248 g/mol. The SMILES string of the molecule is CCCCCCCC(=O)OC[C@H](C)Cc1ccccc1. The molecule has 0 radical (unpaired) electrons. The predicted octanol–water partition coefficient (Wildman–Crippen LogP) is 4.77. The van der Waals surface area contributed by atoms with Crippen molar-refractivity contribution in [1.29, 1.82) is 0 Å². The summed E-state index contributed by atoms with van der Waals surface area (Å²) in [6.45, 7) is 4.85. The smallest absolute Gasteiger partial charge is 0.305 e. The Labute approximate surface area is 123 Å². The molecule has 0 saturated heterocycles. The monoisotopic (exact) mass is 276 g/mol. The second-order valence-electron chi connectivity index (χ2n) is 5.64. The first-order valence-corrected chi connectivity index (χ1v) is 7.92. The number of rotatable bonds is 10. The lowest BCUT2D eigenvalue weighted by Gasteiger charge is -2.12. The van der Waals surface area contributed by atoms with E-state index in [0.29, 0.717) is 18.9 Å². The van der Waals surface area contributed by atoms with Gasteiger partial charge in [0, 0.05) is 6.42 Å². The molecule has 0 aliphatic rings. The molecule has 1 aromatic rings. The summed E-state index contributed by atoms with van der Waals surface area (Å²) in [6.07, 6.45) is 7.37. The largest absolute Gasteiger partial charge is 0.465 e. The molecule has 2 nitrogen and oxygen atoms in total. The lowest BCUT2D eigenvalue weighted by molar-refractivity contribution is -0.145. The van der Waals surface area contributed by atoms with Gasteiger partial charge in [-0.15, -0.1) is 0 Å². The maximum Gasteiger partial charge on any atom is 0.305 e. The predicted molar refractivity (Wildman–Crippen MR) is 83.6 cm³/mol. The zero-order valence-electron chi connectivity index (χ0n) is 12.9. The molecule has 0 fully saturated rings. The van der Waals surface area contributed by atoms with Crippen LogP contribution >= 0.6 is 0 Å². The van der Waals surface area contributed by atoms with Gasteiger partial charge in [-0.3, -0.25) is 4.79 Å². The lowest BCUT2D eigenvalue weighted by atomic mass is 10.0. The molecule has 0 aliphatic heterocycles. The fourth-order valence-corrected chi connectivity index (χ4v) is 2.26. The molecule has 1 aromatic carbocycles. The van der Waals surface area contributed by atoms with Crippen LogP contribution in [0.1, 0.15) is 57.9 Å². The Hall–Kier alpha value is -1.31. The molecule has 0 N–H and O–H groups in total. The quantitative estimate of drug-likeness (QED) is 0.454. The Kier molecular flexibility index (Phi) is 8.77. The second kappa shape index (κ2) is 10.5. The van der Waals surface area contributed by atoms with Gasteiger partial charge in [0.1, 0.15) is 0 Å². The van der Waals surface area contributed by atoms with Crippen molar-refractivity contribution in [3.63, 3.8) is 0 Å². The number of hydrogen-bond donors (Lipinski definition) is 0. The molecule has 0 unspecified atom stereocenters. The first-order chi connectivity index (χ1) is 9.72. The van der Waals surface area contributed by atoms with E-state index in [1.807, 2.05) is 18.2 Å². The Morgan fingerprint density at radius 3 is 2.50 bits per heavy atom. The summed E-state index contributed by atoms with van der Waals surface area (Å²) in [5, 5.41) is 0. The van der Waals surface area contributed by atoms with Crippen LogP contribution in [-0.4, -0.2) is 12.6 Å². The number of esters is 1. The Bertz CT molecular complexity index is 359. The number of benzene rings is 1. The van der Waals surface area contributed by atoms with E-state index in [9.17, 15) is 4.79 Å². The van der Waals surface area contributed by atoms with Crippen LogP contribution in [0.5, 0.6) is 0 Å². The summed E-state index contributed by atoms with van der Waals surface area (Å²) in [5.74, 6) is 0.336. The van der Waals surface area contributed by atoms with E-state index in [4.69, 9.17) is 4.74 Å². The van der Waals surface area contributed by atoms with Crippen molar-refractivity contribution >= 4 is 5.97 Å². The van der Waals surface area contributed by atoms with E-state index in [1.54, 1.807) is 0 Å². The third-order valence-corrected chi connectivity index (χ3v) is 3.44. The number of ether oxygens (including phenoxy) is 1. The summed E-state index contributed by atoms with van der Waals surface area (Å²) in [4.78, 5) is 11.6. The molecule has 0 saturated carbocycles. The van der Waals surface area contributed by atoms with E-state index in [0.717, 1.165) is 19.3 Å². The van der Waals surface area contributed by atoms with E-state index >= 15 is 0 Å². The van der Waals surface area contributed by atoms with Gasteiger partial charge >= 0.3 is 5.97 Å². The normalized spacial score (nSPS) is 12.1. The number of hydrogen-bond acceptors (Lipinski definition) is 2. The second-order valence-corrected chi connectivity index (χ2v) is 5.64. The van der Waals surface area contributed by atoms with E-state index < -0.39 is 0 Å². The van der Waals surface area contributed by atoms with Crippen LogP contribution in [0.15, 0.2) is 30.3 Å². The van der Waals surface area contributed by atoms with Crippen LogP contribution in [0.4, 0.5) is 0 Å². The highest BCUT2D eigenvalue weighted by atomic mass is 16.5. The Morgan fingerprint density at radius 1 is 1.10 bits per heavy atom. The first kappa shape index (κ1) is 16.7. The average molecular weight is 276 g/mol. The number of carbonyl (C=O) groups excluding carboxylic acids is 1. The van der Waals surface area contributed by atoms with Crippen molar-refractivity contribution in [1.82, 2.24) is 0 Å². The van der Waals surface area contributed by atoms with Crippen LogP contribution in [0, 0.1) is 5.92 Å². The van der Waals surface area contributed by atoms with E-state index in [-0.39, 0.29) is 5.97 Å². The van der Waals surface area contributed by atoms with Crippen LogP contribution in [0.2, 0.25) is 0 Å². The molecule has 0 heterocycles. The van der Waals surface area contributed by atoms with Crippen molar-refractivity contribution in [3.8, 4) is 0 Å². The van der Waals surface area contributed by atoms with Gasteiger partial charge < -0.3 is 4.74 Å². The van der Waals surface area contributed by atoms with Crippen molar-refractivity contribution in [2.45, 2.75) is 58.8 Å².